The molecule has 0 saturated carbocycles. The van der Waals surface area contributed by atoms with Crippen molar-refractivity contribution in [2.45, 2.75) is 32.4 Å². The van der Waals surface area contributed by atoms with Gasteiger partial charge in [-0.05, 0) is 37.0 Å². The van der Waals surface area contributed by atoms with Gasteiger partial charge in [-0.15, -0.1) is 11.8 Å². The van der Waals surface area contributed by atoms with Gasteiger partial charge in [-0.25, -0.2) is 0 Å². The molecule has 27 heavy (non-hydrogen) atoms. The first kappa shape index (κ1) is 22.8. The standard InChI is InChI=1S/C24H32N2S/c1-6-10-11-15-21(24(25)26-17-7-2)18-27-19(5)22(9-4)23-16-13-12-14-20(23)8-3/h6,8-16,19H,1,3,7,17-18H2,2,4-5H3,(H2,25,26)/b11-10-,21-15+,22-9?. The van der Waals surface area contributed by atoms with Crippen LogP contribution in [0.5, 0.6) is 0 Å². The molecule has 0 saturated heterocycles. The van der Waals surface area contributed by atoms with Crippen molar-refractivity contribution in [1.82, 2.24) is 0 Å². The third-order valence-corrected chi connectivity index (χ3v) is 5.34. The summed E-state index contributed by atoms with van der Waals surface area (Å²) in [5, 5.41) is 0.321. The summed E-state index contributed by atoms with van der Waals surface area (Å²) < 4.78 is 0. The molecule has 0 heterocycles. The molecule has 2 nitrogen and oxygen atoms in total. The van der Waals surface area contributed by atoms with Gasteiger partial charge in [-0.2, -0.15) is 0 Å². The second kappa shape index (κ2) is 13.0. The van der Waals surface area contributed by atoms with E-state index in [0.717, 1.165) is 29.9 Å². The second-order valence-electron chi connectivity index (χ2n) is 6.07. The smallest absolute Gasteiger partial charge is 0.122 e. The number of thioether (sulfide) groups is 1. The first-order valence-corrected chi connectivity index (χ1v) is 10.4. The maximum Gasteiger partial charge on any atom is 0.122 e. The van der Waals surface area contributed by atoms with Crippen molar-refractivity contribution in [3.8, 4) is 0 Å². The molecule has 0 aliphatic carbocycles. The Hall–Kier alpha value is -2.26. The van der Waals surface area contributed by atoms with E-state index in [9.17, 15) is 0 Å². The van der Waals surface area contributed by atoms with Crippen LogP contribution in [0.4, 0.5) is 0 Å². The lowest BCUT2D eigenvalue weighted by Gasteiger charge is -2.19. The molecule has 0 aromatic heterocycles. The number of nitrogens with zero attached hydrogens (tertiary/aromatic N) is 1. The molecule has 0 aliphatic heterocycles. The van der Waals surface area contributed by atoms with E-state index in [1.54, 1.807) is 6.08 Å². The van der Waals surface area contributed by atoms with E-state index < -0.39 is 0 Å². The van der Waals surface area contributed by atoms with E-state index >= 15 is 0 Å². The van der Waals surface area contributed by atoms with Crippen molar-refractivity contribution in [2.24, 2.45) is 10.7 Å². The topological polar surface area (TPSA) is 38.4 Å². The summed E-state index contributed by atoms with van der Waals surface area (Å²) in [4.78, 5) is 4.48. The number of allylic oxidation sites excluding steroid dienone is 5. The fourth-order valence-corrected chi connectivity index (χ4v) is 3.76. The third-order valence-electron chi connectivity index (χ3n) is 4.11. The SMILES string of the molecule is C=C/C=C\C=C(/CSC(C)C(=CC)c1ccccc1C=C)C(N)=NCCC. The molecule has 0 spiro atoms. The third kappa shape index (κ3) is 7.48. The van der Waals surface area contributed by atoms with Crippen LogP contribution in [0.25, 0.3) is 11.6 Å². The predicted octanol–water partition coefficient (Wildman–Crippen LogP) is 6.29. The summed E-state index contributed by atoms with van der Waals surface area (Å²) in [6.45, 7) is 14.8. The average Bonchev–Trinajstić information content (AvgIpc) is 2.69. The Morgan fingerprint density at radius 1 is 1.26 bits per heavy atom. The zero-order valence-corrected chi connectivity index (χ0v) is 17.6. The molecule has 1 aromatic rings. The summed E-state index contributed by atoms with van der Waals surface area (Å²) >= 11 is 1.86. The molecule has 3 heteroatoms. The number of rotatable bonds is 11. The van der Waals surface area contributed by atoms with Crippen molar-refractivity contribution in [1.29, 1.82) is 0 Å². The molecular weight excluding hydrogens is 348 g/mol. The minimum Gasteiger partial charge on any atom is -0.384 e. The Balaban J connectivity index is 2.98. The van der Waals surface area contributed by atoms with Gasteiger partial charge in [0.05, 0.1) is 0 Å². The van der Waals surface area contributed by atoms with E-state index in [1.807, 2.05) is 42.1 Å². The van der Waals surface area contributed by atoms with Crippen LogP contribution in [0, 0.1) is 0 Å². The van der Waals surface area contributed by atoms with Gasteiger partial charge in [-0.3, -0.25) is 4.99 Å². The van der Waals surface area contributed by atoms with Gasteiger partial charge in [-0.1, -0.05) is 80.8 Å². The molecule has 0 fully saturated rings. The number of nitrogens with two attached hydrogens (primary N) is 1. The Labute approximate surface area is 169 Å². The van der Waals surface area contributed by atoms with Crippen LogP contribution in [0.15, 0.2) is 78.4 Å². The zero-order valence-electron chi connectivity index (χ0n) is 16.8. The van der Waals surface area contributed by atoms with Crippen LogP contribution in [0.2, 0.25) is 0 Å². The number of benzene rings is 1. The van der Waals surface area contributed by atoms with Crippen molar-refractivity contribution >= 4 is 29.2 Å². The van der Waals surface area contributed by atoms with E-state index in [4.69, 9.17) is 5.73 Å². The van der Waals surface area contributed by atoms with Crippen LogP contribution in [0.3, 0.4) is 0 Å². The summed E-state index contributed by atoms with van der Waals surface area (Å²) in [7, 11) is 0. The van der Waals surface area contributed by atoms with Gasteiger partial charge in [0.2, 0.25) is 0 Å². The summed E-state index contributed by atoms with van der Waals surface area (Å²) in [5.41, 5.74) is 11.0. The fourth-order valence-electron chi connectivity index (χ4n) is 2.64. The van der Waals surface area contributed by atoms with Crippen molar-refractivity contribution in [3.63, 3.8) is 0 Å². The Morgan fingerprint density at radius 2 is 2.00 bits per heavy atom. The first-order chi connectivity index (χ1) is 13.1. The largest absolute Gasteiger partial charge is 0.384 e. The van der Waals surface area contributed by atoms with Crippen LogP contribution in [0.1, 0.15) is 38.3 Å². The van der Waals surface area contributed by atoms with Gasteiger partial charge >= 0.3 is 0 Å². The molecular formula is C24H32N2S. The van der Waals surface area contributed by atoms with Crippen LogP contribution >= 0.6 is 11.8 Å². The molecule has 1 atom stereocenters. The Kier molecular flexibility index (Phi) is 11.0. The average molecular weight is 381 g/mol. The van der Waals surface area contributed by atoms with Crippen molar-refractivity contribution in [2.75, 3.05) is 12.3 Å². The van der Waals surface area contributed by atoms with Gasteiger partial charge < -0.3 is 5.73 Å². The monoisotopic (exact) mass is 380 g/mol. The first-order valence-electron chi connectivity index (χ1n) is 9.37. The van der Waals surface area contributed by atoms with E-state index in [-0.39, 0.29) is 0 Å². The summed E-state index contributed by atoms with van der Waals surface area (Å²) in [6, 6.07) is 8.38. The molecule has 144 valence electrons. The molecule has 0 amide bonds. The van der Waals surface area contributed by atoms with E-state index in [0.29, 0.717) is 11.1 Å². The molecule has 0 aliphatic rings. The van der Waals surface area contributed by atoms with Gasteiger partial charge in [0.25, 0.3) is 0 Å². The van der Waals surface area contributed by atoms with Crippen molar-refractivity contribution in [3.05, 3.63) is 84.5 Å². The number of aliphatic imine (C=N–C) groups is 1. The van der Waals surface area contributed by atoms with Gasteiger partial charge in [0.1, 0.15) is 5.84 Å². The predicted molar refractivity (Wildman–Crippen MR) is 126 cm³/mol. The summed E-state index contributed by atoms with van der Waals surface area (Å²) in [5.74, 6) is 1.42. The summed E-state index contributed by atoms with van der Waals surface area (Å²) in [6.07, 6.45) is 12.7. The Morgan fingerprint density at radius 3 is 2.63 bits per heavy atom. The lowest BCUT2D eigenvalue weighted by molar-refractivity contribution is 0.930. The normalized spacial score (nSPS) is 14.4. The van der Waals surface area contributed by atoms with E-state index in [2.05, 4.69) is 63.2 Å². The second-order valence-corrected chi connectivity index (χ2v) is 7.40. The zero-order chi connectivity index (χ0) is 20.1. The molecule has 0 radical (unpaired) electrons. The minimum absolute atomic E-state index is 0.321. The maximum atomic E-state index is 6.22. The highest BCUT2D eigenvalue weighted by atomic mass is 32.2. The van der Waals surface area contributed by atoms with Crippen LogP contribution in [-0.4, -0.2) is 23.4 Å². The highest BCUT2D eigenvalue weighted by molar-refractivity contribution is 8.00. The Bertz CT molecular complexity index is 739. The van der Waals surface area contributed by atoms with Crippen LogP contribution < -0.4 is 5.73 Å². The minimum atomic E-state index is 0.321. The number of hydrogen-bond acceptors (Lipinski definition) is 2. The van der Waals surface area contributed by atoms with Gasteiger partial charge in [0, 0.05) is 23.1 Å². The molecule has 1 aromatic carbocycles. The molecule has 1 rings (SSSR count). The quantitative estimate of drug-likeness (QED) is 0.278. The van der Waals surface area contributed by atoms with Crippen LogP contribution in [-0.2, 0) is 0 Å². The number of amidine groups is 1. The maximum absolute atomic E-state index is 6.22. The lowest BCUT2D eigenvalue weighted by Crippen LogP contribution is -2.18. The molecule has 2 N–H and O–H groups in total. The van der Waals surface area contributed by atoms with Crippen molar-refractivity contribution < 1.29 is 0 Å². The lowest BCUT2D eigenvalue weighted by atomic mass is 9.97. The highest BCUT2D eigenvalue weighted by Crippen LogP contribution is 2.31. The van der Waals surface area contributed by atoms with Gasteiger partial charge in [0.15, 0.2) is 0 Å². The molecule has 0 bridgehead atoms. The molecule has 1 unspecified atom stereocenters. The highest BCUT2D eigenvalue weighted by Gasteiger charge is 2.14. The fraction of sp³-hybridized carbons (Fsp3) is 0.292. The van der Waals surface area contributed by atoms with E-state index in [1.165, 1.54) is 11.1 Å². The number of hydrogen-bond donors (Lipinski definition) is 1.